The molecule has 26 heavy (non-hydrogen) atoms. The molecule has 1 amide bonds. The summed E-state index contributed by atoms with van der Waals surface area (Å²) in [6, 6.07) is 3.91. The third kappa shape index (κ3) is 3.51. The van der Waals surface area contributed by atoms with E-state index in [2.05, 4.69) is 4.74 Å². The van der Waals surface area contributed by atoms with Crippen molar-refractivity contribution in [3.63, 3.8) is 0 Å². The molecule has 1 aromatic rings. The minimum absolute atomic E-state index is 0.182. The molecule has 3 rings (SSSR count). The fraction of sp³-hybridized carbons (Fsp3) is 0.533. The molecule has 0 aliphatic carbocycles. The van der Waals surface area contributed by atoms with E-state index in [4.69, 9.17) is 4.74 Å². The molecule has 0 radical (unpaired) electrons. The number of alkyl halides is 3. The summed E-state index contributed by atoms with van der Waals surface area (Å²) in [5.41, 5.74) is 0.283. The van der Waals surface area contributed by atoms with E-state index >= 15 is 0 Å². The molecule has 0 spiro atoms. The van der Waals surface area contributed by atoms with Gasteiger partial charge in [0, 0.05) is 20.0 Å². The van der Waals surface area contributed by atoms with Crippen molar-refractivity contribution in [1.82, 2.24) is 4.31 Å². The number of fused-ring (bicyclic) bond motifs is 1. The van der Waals surface area contributed by atoms with Crippen molar-refractivity contribution < 1.29 is 35.9 Å². The van der Waals surface area contributed by atoms with Gasteiger partial charge in [-0.05, 0) is 18.2 Å². The van der Waals surface area contributed by atoms with E-state index in [1.54, 1.807) is 0 Å². The SMILES string of the molecule is CC(=O)N1CCOc2ccc(S(=O)(=O)N3CCO[C@H](C(F)(F)F)C3)cc21. The Hall–Kier alpha value is -1.85. The maximum absolute atomic E-state index is 12.9. The molecule has 1 aromatic carbocycles. The summed E-state index contributed by atoms with van der Waals surface area (Å²) in [6.45, 7) is 0.535. The van der Waals surface area contributed by atoms with Crippen LogP contribution in [0, 0.1) is 0 Å². The lowest BCUT2D eigenvalue weighted by Gasteiger charge is -2.33. The summed E-state index contributed by atoms with van der Waals surface area (Å²) in [7, 11) is -4.18. The zero-order chi connectivity index (χ0) is 19.1. The molecular weight excluding hydrogens is 377 g/mol. The van der Waals surface area contributed by atoms with Gasteiger partial charge < -0.3 is 14.4 Å². The summed E-state index contributed by atoms with van der Waals surface area (Å²) >= 11 is 0. The number of halogens is 3. The molecule has 0 bridgehead atoms. The van der Waals surface area contributed by atoms with E-state index < -0.39 is 28.8 Å². The lowest BCUT2D eigenvalue weighted by atomic mass is 10.2. The van der Waals surface area contributed by atoms with Crippen molar-refractivity contribution in [2.75, 3.05) is 37.7 Å². The second kappa shape index (κ2) is 6.71. The summed E-state index contributed by atoms with van der Waals surface area (Å²) in [5, 5.41) is 0. The van der Waals surface area contributed by atoms with Gasteiger partial charge in [-0.15, -0.1) is 0 Å². The Kier molecular flexibility index (Phi) is 4.88. The lowest BCUT2D eigenvalue weighted by Crippen LogP contribution is -2.51. The number of benzene rings is 1. The number of nitrogens with zero attached hydrogens (tertiary/aromatic N) is 2. The minimum atomic E-state index is -4.65. The first-order valence-corrected chi connectivity index (χ1v) is 9.28. The van der Waals surface area contributed by atoms with Gasteiger partial charge in [0.05, 0.1) is 23.7 Å². The zero-order valence-electron chi connectivity index (χ0n) is 13.8. The number of amides is 1. The van der Waals surface area contributed by atoms with Crippen molar-refractivity contribution >= 4 is 21.6 Å². The molecule has 144 valence electrons. The summed E-state index contributed by atoms with van der Waals surface area (Å²) < 4.78 is 74.9. The monoisotopic (exact) mass is 394 g/mol. The van der Waals surface area contributed by atoms with Crippen molar-refractivity contribution in [1.29, 1.82) is 0 Å². The van der Waals surface area contributed by atoms with E-state index in [1.165, 1.54) is 30.0 Å². The van der Waals surface area contributed by atoms with Crippen molar-refractivity contribution in [2.45, 2.75) is 24.1 Å². The van der Waals surface area contributed by atoms with Crippen molar-refractivity contribution in [2.24, 2.45) is 0 Å². The Bertz CT molecular complexity index is 812. The van der Waals surface area contributed by atoms with Crippen LogP contribution in [0.1, 0.15) is 6.92 Å². The van der Waals surface area contributed by atoms with Crippen LogP contribution in [0.2, 0.25) is 0 Å². The Morgan fingerprint density at radius 3 is 2.62 bits per heavy atom. The maximum atomic E-state index is 12.9. The number of sulfonamides is 1. The van der Waals surface area contributed by atoms with E-state index in [0.717, 1.165) is 4.31 Å². The molecule has 7 nitrogen and oxygen atoms in total. The predicted octanol–water partition coefficient (Wildman–Crippen LogP) is 1.38. The highest BCUT2D eigenvalue weighted by molar-refractivity contribution is 7.89. The van der Waals surface area contributed by atoms with Crippen LogP contribution in [-0.4, -0.2) is 63.8 Å². The van der Waals surface area contributed by atoms with Crippen LogP contribution in [0.5, 0.6) is 5.75 Å². The normalized spacial score (nSPS) is 21.8. The second-order valence-corrected chi connectivity index (χ2v) is 7.85. The van der Waals surface area contributed by atoms with Crippen LogP contribution in [0.3, 0.4) is 0 Å². The molecule has 0 unspecified atom stereocenters. The highest BCUT2D eigenvalue weighted by Gasteiger charge is 2.46. The first-order valence-electron chi connectivity index (χ1n) is 7.84. The van der Waals surface area contributed by atoms with Crippen LogP contribution >= 0.6 is 0 Å². The maximum Gasteiger partial charge on any atom is 0.415 e. The fourth-order valence-electron chi connectivity index (χ4n) is 2.88. The standard InChI is InChI=1S/C15H17F3N2O5S/c1-10(21)20-5-7-24-13-3-2-11(8-12(13)20)26(22,23)19-4-6-25-14(9-19)15(16,17)18/h2-3,8,14H,4-7,9H2,1H3/t14-/m0/s1. The average Bonchev–Trinajstić information content (AvgIpc) is 2.60. The molecule has 1 atom stereocenters. The number of morpholine rings is 1. The summed E-state index contributed by atoms with van der Waals surface area (Å²) in [6.07, 6.45) is -6.82. The predicted molar refractivity (Wildman–Crippen MR) is 84.5 cm³/mol. The van der Waals surface area contributed by atoms with Gasteiger partial charge in [-0.25, -0.2) is 8.42 Å². The number of hydrogen-bond acceptors (Lipinski definition) is 5. The Morgan fingerprint density at radius 2 is 1.96 bits per heavy atom. The molecule has 1 saturated heterocycles. The molecule has 2 aliphatic heterocycles. The zero-order valence-corrected chi connectivity index (χ0v) is 14.6. The van der Waals surface area contributed by atoms with Gasteiger partial charge in [-0.3, -0.25) is 4.79 Å². The third-order valence-electron chi connectivity index (χ3n) is 4.21. The second-order valence-electron chi connectivity index (χ2n) is 5.91. The number of carbonyl (C=O) groups is 1. The van der Waals surface area contributed by atoms with Crippen LogP contribution in [0.15, 0.2) is 23.1 Å². The van der Waals surface area contributed by atoms with E-state index in [0.29, 0.717) is 5.75 Å². The van der Waals surface area contributed by atoms with E-state index in [9.17, 15) is 26.4 Å². The highest BCUT2D eigenvalue weighted by atomic mass is 32.2. The molecule has 2 aliphatic rings. The van der Waals surface area contributed by atoms with Gasteiger partial charge in [0.25, 0.3) is 0 Å². The molecule has 0 saturated carbocycles. The van der Waals surface area contributed by atoms with Gasteiger partial charge in [0.2, 0.25) is 15.9 Å². The molecule has 2 heterocycles. The van der Waals surface area contributed by atoms with Crippen LogP contribution in [-0.2, 0) is 19.6 Å². The lowest BCUT2D eigenvalue weighted by molar-refractivity contribution is -0.231. The Labute approximate surface area is 148 Å². The van der Waals surface area contributed by atoms with Gasteiger partial charge >= 0.3 is 6.18 Å². The minimum Gasteiger partial charge on any atom is -0.490 e. The number of rotatable bonds is 2. The molecule has 1 fully saturated rings. The quantitative estimate of drug-likeness (QED) is 0.758. The Morgan fingerprint density at radius 1 is 1.23 bits per heavy atom. The fourth-order valence-corrected chi connectivity index (χ4v) is 4.32. The van der Waals surface area contributed by atoms with Crippen molar-refractivity contribution in [3.05, 3.63) is 18.2 Å². The summed E-state index contributed by atoms with van der Waals surface area (Å²) in [4.78, 5) is 12.9. The topological polar surface area (TPSA) is 76.2 Å². The number of hydrogen-bond donors (Lipinski definition) is 0. The van der Waals surface area contributed by atoms with Gasteiger partial charge in [0.15, 0.2) is 6.10 Å². The molecule has 11 heteroatoms. The molecule has 0 aromatic heterocycles. The van der Waals surface area contributed by atoms with E-state index in [-0.39, 0.29) is 42.8 Å². The van der Waals surface area contributed by atoms with Gasteiger partial charge in [-0.2, -0.15) is 17.5 Å². The largest absolute Gasteiger partial charge is 0.490 e. The third-order valence-corrected chi connectivity index (χ3v) is 6.07. The number of carbonyl (C=O) groups excluding carboxylic acids is 1. The smallest absolute Gasteiger partial charge is 0.415 e. The summed E-state index contributed by atoms with van der Waals surface area (Å²) in [5.74, 6) is 0.0631. The average molecular weight is 394 g/mol. The highest BCUT2D eigenvalue weighted by Crippen LogP contribution is 2.35. The Balaban J connectivity index is 1.93. The van der Waals surface area contributed by atoms with Crippen molar-refractivity contribution in [3.8, 4) is 5.75 Å². The molecular formula is C15H17F3N2O5S. The van der Waals surface area contributed by atoms with Gasteiger partial charge in [-0.1, -0.05) is 0 Å². The number of ether oxygens (including phenoxy) is 2. The first-order chi connectivity index (χ1) is 12.1. The van der Waals surface area contributed by atoms with Crippen LogP contribution in [0.4, 0.5) is 18.9 Å². The van der Waals surface area contributed by atoms with E-state index in [1.807, 2.05) is 0 Å². The molecule has 0 N–H and O–H groups in total. The van der Waals surface area contributed by atoms with Crippen LogP contribution < -0.4 is 9.64 Å². The van der Waals surface area contributed by atoms with Gasteiger partial charge in [0.1, 0.15) is 12.4 Å². The van der Waals surface area contributed by atoms with Crippen LogP contribution in [0.25, 0.3) is 0 Å². The first kappa shape index (κ1) is 18.9. The number of anilines is 1.